The minimum Gasteiger partial charge on any atom is -0.469 e. The average Bonchev–Trinajstić information content (AvgIpc) is 3.34. The number of carbonyl (C=O) groups is 3. The first-order valence-corrected chi connectivity index (χ1v) is 15.1. The largest absolute Gasteiger partial charge is 0.469 e. The van der Waals surface area contributed by atoms with E-state index in [2.05, 4.69) is 33.4 Å². The molecule has 1 spiro atoms. The molecule has 216 valence electrons. The number of hydrogen-bond acceptors (Lipinski definition) is 6. The van der Waals surface area contributed by atoms with E-state index in [1.165, 1.54) is 39.7 Å². The number of esters is 3. The van der Waals surface area contributed by atoms with Gasteiger partial charge in [-0.2, -0.15) is 0 Å². The van der Waals surface area contributed by atoms with Crippen LogP contribution in [0, 0.1) is 45.3 Å². The molecule has 1 saturated heterocycles. The zero-order valence-corrected chi connectivity index (χ0v) is 24.9. The van der Waals surface area contributed by atoms with Crippen molar-refractivity contribution in [1.82, 2.24) is 0 Å². The number of methoxy groups -OCH3 is 1. The maximum atomic E-state index is 12.7. The highest BCUT2D eigenvalue weighted by Gasteiger charge is 2.83. The van der Waals surface area contributed by atoms with Gasteiger partial charge in [-0.25, -0.2) is 4.79 Å². The highest BCUT2D eigenvalue weighted by Crippen LogP contribution is 2.88. The van der Waals surface area contributed by atoms with E-state index in [4.69, 9.17) is 14.2 Å². The average molecular weight is 541 g/mol. The van der Waals surface area contributed by atoms with E-state index in [9.17, 15) is 14.4 Å². The van der Waals surface area contributed by atoms with Gasteiger partial charge < -0.3 is 14.2 Å². The van der Waals surface area contributed by atoms with Crippen molar-refractivity contribution in [1.29, 1.82) is 0 Å². The fourth-order valence-electron chi connectivity index (χ4n) is 10.7. The molecule has 6 nitrogen and oxygen atoms in total. The molecule has 1 aliphatic heterocycles. The van der Waals surface area contributed by atoms with Crippen molar-refractivity contribution in [2.45, 2.75) is 105 Å². The lowest BCUT2D eigenvalue weighted by molar-refractivity contribution is -0.158. The lowest BCUT2D eigenvalue weighted by atomic mass is 9.43. The van der Waals surface area contributed by atoms with Gasteiger partial charge in [0, 0.05) is 24.8 Å². The SMILES string of the molecule is C=C1C(=O)OC2C[C@@H]3[C@]4(CC[C@]5(C)[C@@H](C(C)CC/C=C(\C)COC(C)=O)CC[C@@]35C)C[C@]4(CCC(=O)OC)C12. The molecular weight excluding hydrogens is 492 g/mol. The van der Waals surface area contributed by atoms with Gasteiger partial charge in [0.2, 0.25) is 0 Å². The first kappa shape index (κ1) is 28.4. The molecule has 0 aromatic heterocycles. The minimum atomic E-state index is -0.236. The molecule has 5 rings (SSSR count). The highest BCUT2D eigenvalue weighted by atomic mass is 16.6. The Morgan fingerprint density at radius 2 is 1.92 bits per heavy atom. The van der Waals surface area contributed by atoms with Crippen LogP contribution in [0.1, 0.15) is 98.8 Å². The third kappa shape index (κ3) is 4.13. The van der Waals surface area contributed by atoms with Crippen LogP contribution in [0.4, 0.5) is 0 Å². The summed E-state index contributed by atoms with van der Waals surface area (Å²) in [7, 11) is 1.46. The molecular formula is C33H48O6. The summed E-state index contributed by atoms with van der Waals surface area (Å²) < 4.78 is 16.2. The summed E-state index contributed by atoms with van der Waals surface area (Å²) in [6.45, 7) is 15.6. The fourth-order valence-corrected chi connectivity index (χ4v) is 10.7. The van der Waals surface area contributed by atoms with E-state index in [0.717, 1.165) is 37.7 Å². The van der Waals surface area contributed by atoms with Gasteiger partial charge >= 0.3 is 17.9 Å². The van der Waals surface area contributed by atoms with E-state index in [1.807, 2.05) is 6.92 Å². The molecule has 0 radical (unpaired) electrons. The Bertz CT molecular complexity index is 1090. The maximum absolute atomic E-state index is 12.7. The van der Waals surface area contributed by atoms with Crippen molar-refractivity contribution in [2.24, 2.45) is 45.3 Å². The van der Waals surface area contributed by atoms with Crippen molar-refractivity contribution in [3.05, 3.63) is 23.8 Å². The Balaban J connectivity index is 1.36. The van der Waals surface area contributed by atoms with Crippen LogP contribution in [0.2, 0.25) is 0 Å². The molecule has 0 N–H and O–H groups in total. The summed E-state index contributed by atoms with van der Waals surface area (Å²) in [6.07, 6.45) is 12.3. The molecule has 0 aromatic rings. The van der Waals surface area contributed by atoms with Crippen LogP contribution < -0.4 is 0 Å². The van der Waals surface area contributed by atoms with Crippen molar-refractivity contribution in [3.63, 3.8) is 0 Å². The standard InChI is InChI=1S/C33H48O6/c1-20(18-38-23(4)34)9-8-10-21(2)24-11-13-31(6)26-17-25-28(22(3)29(36)39-25)33(14-12-27(35)37-7)19-32(26,33)16-15-30(24,31)5/h9,21,24-26,28H,3,8,10-19H2,1-2,4-7H3/b20-9+/t21?,24-,25?,26+,28?,30-,31+,32+,33-/m1/s1. The molecule has 4 aliphatic carbocycles. The van der Waals surface area contributed by atoms with Gasteiger partial charge in [-0.1, -0.05) is 33.4 Å². The first-order chi connectivity index (χ1) is 18.3. The molecule has 1 heterocycles. The highest BCUT2D eigenvalue weighted by molar-refractivity contribution is 5.91. The van der Waals surface area contributed by atoms with Gasteiger partial charge in [0.1, 0.15) is 12.7 Å². The quantitative estimate of drug-likeness (QED) is 0.142. The number of hydrogen-bond donors (Lipinski definition) is 0. The van der Waals surface area contributed by atoms with Crippen LogP contribution in [0.25, 0.3) is 0 Å². The van der Waals surface area contributed by atoms with Crippen molar-refractivity contribution >= 4 is 17.9 Å². The van der Waals surface area contributed by atoms with Crippen LogP contribution in [-0.4, -0.2) is 37.7 Å². The molecule has 5 fully saturated rings. The van der Waals surface area contributed by atoms with Crippen LogP contribution in [0.15, 0.2) is 23.8 Å². The van der Waals surface area contributed by atoms with Gasteiger partial charge in [-0.15, -0.1) is 0 Å². The lowest BCUT2D eigenvalue weighted by Gasteiger charge is -2.61. The Labute approximate surface area is 234 Å². The molecule has 3 unspecified atom stereocenters. The third-order valence-electron chi connectivity index (χ3n) is 12.8. The summed E-state index contributed by atoms with van der Waals surface area (Å²) in [5.74, 6) is 1.16. The van der Waals surface area contributed by atoms with Crippen molar-refractivity contribution in [3.8, 4) is 0 Å². The number of ether oxygens (including phenoxy) is 3. The molecule has 6 heteroatoms. The van der Waals surface area contributed by atoms with E-state index < -0.39 is 0 Å². The Kier molecular flexibility index (Phi) is 7.12. The predicted molar refractivity (Wildman–Crippen MR) is 148 cm³/mol. The number of allylic oxidation sites excluding steroid dienone is 1. The number of fused-ring (bicyclic) bond motifs is 4. The molecule has 0 bridgehead atoms. The van der Waals surface area contributed by atoms with Gasteiger partial charge in [-0.3, -0.25) is 9.59 Å². The molecule has 4 saturated carbocycles. The van der Waals surface area contributed by atoms with Crippen LogP contribution >= 0.6 is 0 Å². The number of rotatable bonds is 9. The van der Waals surface area contributed by atoms with Crippen molar-refractivity contribution in [2.75, 3.05) is 13.7 Å². The van der Waals surface area contributed by atoms with Gasteiger partial charge in [-0.05, 0) is 110 Å². The zero-order valence-electron chi connectivity index (χ0n) is 24.9. The van der Waals surface area contributed by atoms with Crippen LogP contribution in [0.3, 0.4) is 0 Å². The summed E-state index contributed by atoms with van der Waals surface area (Å²) in [4.78, 5) is 36.1. The topological polar surface area (TPSA) is 78.9 Å². The summed E-state index contributed by atoms with van der Waals surface area (Å²) in [5.41, 5.74) is 2.26. The molecule has 5 aliphatic rings. The number of carbonyl (C=O) groups excluding carboxylic acids is 3. The smallest absolute Gasteiger partial charge is 0.334 e. The molecule has 39 heavy (non-hydrogen) atoms. The van der Waals surface area contributed by atoms with E-state index in [0.29, 0.717) is 36.4 Å². The Hall–Kier alpha value is -2.11. The minimum absolute atomic E-state index is 0.0389. The second-order valence-electron chi connectivity index (χ2n) is 14.2. The van der Waals surface area contributed by atoms with Gasteiger partial charge in [0.05, 0.1) is 7.11 Å². The van der Waals surface area contributed by atoms with Gasteiger partial charge in [0.25, 0.3) is 0 Å². The maximum Gasteiger partial charge on any atom is 0.334 e. The summed E-state index contributed by atoms with van der Waals surface area (Å²) in [6, 6.07) is 0. The predicted octanol–water partition coefficient (Wildman–Crippen LogP) is 6.58. The van der Waals surface area contributed by atoms with E-state index in [1.54, 1.807) is 0 Å². The summed E-state index contributed by atoms with van der Waals surface area (Å²) >= 11 is 0. The molecule has 0 amide bonds. The Morgan fingerprint density at radius 3 is 2.62 bits per heavy atom. The van der Waals surface area contributed by atoms with E-state index in [-0.39, 0.29) is 51.6 Å². The Morgan fingerprint density at radius 1 is 1.18 bits per heavy atom. The third-order valence-corrected chi connectivity index (χ3v) is 12.8. The molecule has 9 atom stereocenters. The summed E-state index contributed by atoms with van der Waals surface area (Å²) in [5, 5.41) is 0. The van der Waals surface area contributed by atoms with Gasteiger partial charge in [0.15, 0.2) is 0 Å². The molecule has 0 aromatic carbocycles. The second kappa shape index (κ2) is 9.76. The fraction of sp³-hybridized carbons (Fsp3) is 0.788. The first-order valence-electron chi connectivity index (χ1n) is 15.1. The lowest BCUT2D eigenvalue weighted by Crippen LogP contribution is -2.56. The van der Waals surface area contributed by atoms with E-state index >= 15 is 0 Å². The van der Waals surface area contributed by atoms with Crippen LogP contribution in [0.5, 0.6) is 0 Å². The van der Waals surface area contributed by atoms with Crippen molar-refractivity contribution < 1.29 is 28.6 Å². The normalized spacial score (nSPS) is 43.0. The second-order valence-corrected chi connectivity index (χ2v) is 14.2. The zero-order chi connectivity index (χ0) is 28.4. The van der Waals surface area contributed by atoms with Crippen LogP contribution in [-0.2, 0) is 28.6 Å². The monoisotopic (exact) mass is 540 g/mol.